The van der Waals surface area contributed by atoms with E-state index in [0.29, 0.717) is 25.7 Å². The SMILES string of the molecule is CCCCCCCC(=O)OC[C@H](COP(=O)(O)OC[C@H](O)COP(=O)(O)OC[C@@H](COC(=O)CCCCCCCCCCCCCCCCC(C)CC)OC(=O)CCCCCCCCCCCCCCCCCC(C)C)OC(=O)CCCCCCCCCCCC(C)C. The zero-order valence-corrected chi connectivity index (χ0v) is 62.5. The Bertz CT molecular complexity index is 1820. The Balaban J connectivity index is 5.15. The summed E-state index contributed by atoms with van der Waals surface area (Å²) in [5, 5.41) is 10.6. The van der Waals surface area contributed by atoms with Crippen LogP contribution in [0.2, 0.25) is 0 Å². The van der Waals surface area contributed by atoms with E-state index in [1.807, 2.05) is 0 Å². The monoisotopic (exact) mass is 1370 g/mol. The molecule has 0 aliphatic rings. The molecule has 0 amide bonds. The summed E-state index contributed by atoms with van der Waals surface area (Å²) < 4.78 is 68.2. The van der Waals surface area contributed by atoms with Crippen LogP contribution in [0.3, 0.4) is 0 Å². The van der Waals surface area contributed by atoms with Crippen LogP contribution in [0.1, 0.15) is 376 Å². The van der Waals surface area contributed by atoms with Crippen LogP contribution in [0.25, 0.3) is 0 Å². The summed E-state index contributed by atoms with van der Waals surface area (Å²) in [4.78, 5) is 72.4. The van der Waals surface area contributed by atoms with Gasteiger partial charge in [0.15, 0.2) is 12.2 Å². The first-order valence-electron chi connectivity index (χ1n) is 38.4. The average Bonchev–Trinajstić information content (AvgIpc) is 2.59. The minimum Gasteiger partial charge on any atom is -0.462 e. The first kappa shape index (κ1) is 91.1. The van der Waals surface area contributed by atoms with E-state index in [-0.39, 0.29) is 25.7 Å². The number of carbonyl (C=O) groups excluding carboxylic acids is 4. The summed E-state index contributed by atoms with van der Waals surface area (Å²) in [6.07, 6.45) is 50.3. The highest BCUT2D eigenvalue weighted by molar-refractivity contribution is 7.47. The van der Waals surface area contributed by atoms with Gasteiger partial charge in [-0.25, -0.2) is 9.13 Å². The molecule has 17 nitrogen and oxygen atoms in total. The highest BCUT2D eigenvalue weighted by Crippen LogP contribution is 2.45. The van der Waals surface area contributed by atoms with Gasteiger partial charge in [0.05, 0.1) is 26.4 Å². The first-order chi connectivity index (χ1) is 44.8. The van der Waals surface area contributed by atoms with Gasteiger partial charge in [0, 0.05) is 25.7 Å². The number of hydrogen-bond donors (Lipinski definition) is 3. The Morgan fingerprint density at radius 3 is 0.817 bits per heavy atom. The van der Waals surface area contributed by atoms with E-state index in [9.17, 15) is 43.2 Å². The van der Waals surface area contributed by atoms with Crippen molar-refractivity contribution in [2.24, 2.45) is 17.8 Å². The van der Waals surface area contributed by atoms with E-state index in [0.717, 1.165) is 114 Å². The third kappa shape index (κ3) is 67.0. The van der Waals surface area contributed by atoms with Crippen LogP contribution in [0, 0.1) is 17.8 Å². The highest BCUT2D eigenvalue weighted by atomic mass is 31.2. The molecule has 0 heterocycles. The molecule has 0 spiro atoms. The lowest BCUT2D eigenvalue weighted by molar-refractivity contribution is -0.161. The van der Waals surface area contributed by atoms with E-state index in [1.165, 1.54) is 180 Å². The quantitative estimate of drug-likeness (QED) is 0.0222. The summed E-state index contributed by atoms with van der Waals surface area (Å²) in [5.41, 5.74) is 0. The molecule has 0 aliphatic heterocycles. The standard InChI is InChI=1S/C74H144O17P2/c1-8-10-11-38-48-55-71(76)84-61-69(90-74(79)58-51-44-37-31-25-27-33-40-46-53-66(5)6)63-88-92(80,81)86-59-68(75)60-87-93(82,83)89-64-70(91-73(78)57-50-43-36-30-24-20-14-12-13-17-21-26-32-39-45-52-65(3)4)62-85-72(77)56-49-42-35-29-23-19-16-15-18-22-28-34-41-47-54-67(7)9-2/h65-70,75H,8-64H2,1-7H3,(H,80,81)(H,82,83)/t67?,68-,69+,70+/m0/s1. The molecule has 0 bridgehead atoms. The van der Waals surface area contributed by atoms with Crippen molar-refractivity contribution in [2.45, 2.75) is 394 Å². The average molecular weight is 1370 g/mol. The number of unbranched alkanes of at least 4 members (excludes halogenated alkanes) is 39. The molecule has 0 aromatic carbocycles. The van der Waals surface area contributed by atoms with E-state index >= 15 is 0 Å². The third-order valence-corrected chi connectivity index (χ3v) is 19.4. The smallest absolute Gasteiger partial charge is 0.462 e. The van der Waals surface area contributed by atoms with Gasteiger partial charge in [-0.15, -0.1) is 0 Å². The van der Waals surface area contributed by atoms with Crippen LogP contribution in [0.5, 0.6) is 0 Å². The van der Waals surface area contributed by atoms with Gasteiger partial charge in [0.1, 0.15) is 19.3 Å². The van der Waals surface area contributed by atoms with Gasteiger partial charge >= 0.3 is 39.5 Å². The van der Waals surface area contributed by atoms with Gasteiger partial charge in [0.25, 0.3) is 0 Å². The van der Waals surface area contributed by atoms with E-state index in [1.54, 1.807) is 0 Å². The number of esters is 4. The number of aliphatic hydroxyl groups excluding tert-OH is 1. The van der Waals surface area contributed by atoms with Crippen LogP contribution >= 0.6 is 15.6 Å². The van der Waals surface area contributed by atoms with Crippen molar-refractivity contribution in [3.8, 4) is 0 Å². The minimum atomic E-state index is -4.95. The zero-order chi connectivity index (χ0) is 68.7. The summed E-state index contributed by atoms with van der Waals surface area (Å²) in [6.45, 7) is 11.9. The van der Waals surface area contributed by atoms with Crippen LogP contribution in [0.4, 0.5) is 0 Å². The van der Waals surface area contributed by atoms with Crippen molar-refractivity contribution in [3.63, 3.8) is 0 Å². The number of hydrogen-bond acceptors (Lipinski definition) is 15. The Morgan fingerprint density at radius 1 is 0.312 bits per heavy atom. The van der Waals surface area contributed by atoms with Crippen molar-refractivity contribution in [1.82, 2.24) is 0 Å². The van der Waals surface area contributed by atoms with Crippen molar-refractivity contribution in [1.29, 1.82) is 0 Å². The predicted molar refractivity (Wildman–Crippen MR) is 377 cm³/mol. The molecule has 3 unspecified atom stereocenters. The number of ether oxygens (including phenoxy) is 4. The number of phosphoric acid groups is 2. The second kappa shape index (κ2) is 64.7. The van der Waals surface area contributed by atoms with Crippen LogP contribution in [0.15, 0.2) is 0 Å². The maximum absolute atomic E-state index is 13.1. The third-order valence-electron chi connectivity index (χ3n) is 17.5. The van der Waals surface area contributed by atoms with Crippen molar-refractivity contribution < 1.29 is 80.2 Å². The van der Waals surface area contributed by atoms with E-state index < -0.39 is 97.5 Å². The molecule has 3 N–H and O–H groups in total. The normalized spacial score (nSPS) is 14.4. The van der Waals surface area contributed by atoms with E-state index in [4.69, 9.17) is 37.0 Å². The molecule has 552 valence electrons. The van der Waals surface area contributed by atoms with Crippen LogP contribution < -0.4 is 0 Å². The number of phosphoric ester groups is 2. The van der Waals surface area contributed by atoms with Crippen molar-refractivity contribution >= 4 is 39.5 Å². The van der Waals surface area contributed by atoms with Gasteiger partial charge in [-0.1, -0.05) is 325 Å². The Morgan fingerprint density at radius 2 is 0.548 bits per heavy atom. The largest absolute Gasteiger partial charge is 0.472 e. The van der Waals surface area contributed by atoms with Gasteiger partial charge in [-0.2, -0.15) is 0 Å². The molecule has 19 heteroatoms. The van der Waals surface area contributed by atoms with Gasteiger partial charge in [0.2, 0.25) is 0 Å². The molecule has 0 aromatic heterocycles. The number of carbonyl (C=O) groups is 4. The molecular formula is C74H144O17P2. The zero-order valence-electron chi connectivity index (χ0n) is 60.7. The van der Waals surface area contributed by atoms with Gasteiger partial charge < -0.3 is 33.8 Å². The van der Waals surface area contributed by atoms with Crippen molar-refractivity contribution in [2.75, 3.05) is 39.6 Å². The molecule has 6 atom stereocenters. The minimum absolute atomic E-state index is 0.104. The van der Waals surface area contributed by atoms with Crippen LogP contribution in [-0.2, 0) is 65.4 Å². The first-order valence-corrected chi connectivity index (χ1v) is 41.4. The summed E-state index contributed by atoms with van der Waals surface area (Å²) >= 11 is 0. The molecule has 0 saturated heterocycles. The maximum Gasteiger partial charge on any atom is 0.472 e. The fraction of sp³-hybridized carbons (Fsp3) is 0.946. The van der Waals surface area contributed by atoms with E-state index in [2.05, 4.69) is 48.5 Å². The molecule has 0 radical (unpaired) electrons. The molecular weight excluding hydrogens is 1220 g/mol. The number of aliphatic hydroxyl groups is 1. The summed E-state index contributed by atoms with van der Waals surface area (Å²) in [7, 11) is -9.90. The Kier molecular flexibility index (Phi) is 63.4. The highest BCUT2D eigenvalue weighted by Gasteiger charge is 2.30. The maximum atomic E-state index is 13.1. The fourth-order valence-electron chi connectivity index (χ4n) is 11.2. The topological polar surface area (TPSA) is 237 Å². The predicted octanol–water partition coefficient (Wildman–Crippen LogP) is 21.4. The lowest BCUT2D eigenvalue weighted by Gasteiger charge is -2.21. The fourth-order valence-corrected chi connectivity index (χ4v) is 12.8. The second-order valence-corrected chi connectivity index (χ2v) is 30.8. The molecule has 0 aliphatic carbocycles. The Labute approximate surface area is 568 Å². The van der Waals surface area contributed by atoms with Gasteiger partial charge in [-0.3, -0.25) is 37.3 Å². The summed E-state index contributed by atoms with van der Waals surface area (Å²) in [5.74, 6) is 0.257. The molecule has 93 heavy (non-hydrogen) atoms. The molecule has 0 rings (SSSR count). The molecule has 0 fully saturated rings. The lowest BCUT2D eigenvalue weighted by Crippen LogP contribution is -2.30. The second-order valence-electron chi connectivity index (χ2n) is 27.9. The van der Waals surface area contributed by atoms with Crippen molar-refractivity contribution in [3.05, 3.63) is 0 Å². The van der Waals surface area contributed by atoms with Gasteiger partial charge in [-0.05, 0) is 43.4 Å². The molecule has 0 aromatic rings. The number of rotatable bonds is 72. The molecule has 0 saturated carbocycles. The lowest BCUT2D eigenvalue weighted by atomic mass is 9.99. The summed E-state index contributed by atoms with van der Waals surface area (Å²) in [6, 6.07) is 0. The van der Waals surface area contributed by atoms with Crippen LogP contribution in [-0.4, -0.2) is 96.7 Å². The Hall–Kier alpha value is -1.94.